The van der Waals surface area contributed by atoms with E-state index in [0.29, 0.717) is 5.92 Å². The molecule has 0 aliphatic heterocycles. The van der Waals surface area contributed by atoms with Crippen LogP contribution in [0.3, 0.4) is 0 Å². The molecule has 0 spiro atoms. The molecule has 0 saturated heterocycles. The maximum absolute atomic E-state index is 12.9. The minimum Gasteiger partial charge on any atom is -0.493 e. The smallest absolute Gasteiger partial charge is 0.328 e. The molecule has 1 N–H and O–H groups in total. The molecule has 1 fully saturated rings. The van der Waals surface area contributed by atoms with E-state index in [1.807, 2.05) is 25.1 Å². The minimum absolute atomic E-state index is 0.0890. The molecule has 8 heteroatoms. The van der Waals surface area contributed by atoms with Crippen molar-refractivity contribution in [1.29, 1.82) is 0 Å². The van der Waals surface area contributed by atoms with Crippen molar-refractivity contribution in [3.05, 3.63) is 53.9 Å². The van der Waals surface area contributed by atoms with Crippen LogP contribution in [-0.4, -0.2) is 42.1 Å². The van der Waals surface area contributed by atoms with Crippen LogP contribution in [0.2, 0.25) is 0 Å². The van der Waals surface area contributed by atoms with Crippen LogP contribution in [0.4, 0.5) is 0 Å². The number of hydrogen-bond acceptors (Lipinski definition) is 7. The molecule has 1 heterocycles. The molecule has 1 aliphatic rings. The molecular weight excluding hydrogens is 436 g/mol. The summed E-state index contributed by atoms with van der Waals surface area (Å²) in [4.78, 5) is 41.2. The number of carbonyl (C=O) groups excluding carboxylic acids is 3. The molecule has 3 rings (SSSR count). The van der Waals surface area contributed by atoms with Crippen LogP contribution in [0.15, 0.2) is 42.6 Å². The second-order valence-electron chi connectivity index (χ2n) is 8.60. The molecule has 1 aromatic heterocycles. The molecule has 2 aromatic rings. The fourth-order valence-electron chi connectivity index (χ4n) is 4.60. The molecule has 0 bridgehead atoms. The summed E-state index contributed by atoms with van der Waals surface area (Å²) in [7, 11) is 1.39. The van der Waals surface area contributed by atoms with Crippen molar-refractivity contribution in [3.8, 4) is 11.5 Å². The first-order valence-corrected chi connectivity index (χ1v) is 11.6. The number of nitrogens with zero attached hydrogens (tertiary/aromatic N) is 1. The van der Waals surface area contributed by atoms with Crippen LogP contribution >= 0.6 is 0 Å². The van der Waals surface area contributed by atoms with Gasteiger partial charge in [-0.05, 0) is 38.2 Å². The Morgan fingerprint density at radius 1 is 1.06 bits per heavy atom. The maximum atomic E-state index is 12.9. The topological polar surface area (TPSA) is 104 Å². The molecule has 1 aliphatic carbocycles. The largest absolute Gasteiger partial charge is 0.493 e. The lowest BCUT2D eigenvalue weighted by Crippen LogP contribution is -2.42. The van der Waals surface area contributed by atoms with Gasteiger partial charge in [-0.1, -0.05) is 43.2 Å². The van der Waals surface area contributed by atoms with Crippen molar-refractivity contribution >= 4 is 17.8 Å². The molecule has 182 valence electrons. The van der Waals surface area contributed by atoms with E-state index in [0.717, 1.165) is 18.4 Å². The van der Waals surface area contributed by atoms with Gasteiger partial charge in [0.15, 0.2) is 11.4 Å². The lowest BCUT2D eigenvalue weighted by atomic mass is 9.81. The van der Waals surface area contributed by atoms with E-state index in [1.54, 1.807) is 6.92 Å². The van der Waals surface area contributed by atoms with Crippen LogP contribution < -0.4 is 14.8 Å². The first-order chi connectivity index (χ1) is 16.3. The molecule has 8 nitrogen and oxygen atoms in total. The number of rotatable bonds is 9. The average molecular weight is 469 g/mol. The predicted molar refractivity (Wildman–Crippen MR) is 126 cm³/mol. The number of ether oxygens (including phenoxy) is 3. The second kappa shape index (κ2) is 11.6. The normalized spacial score (nSPS) is 16.2. The van der Waals surface area contributed by atoms with Gasteiger partial charge in [0, 0.05) is 25.1 Å². The van der Waals surface area contributed by atoms with E-state index in [2.05, 4.69) is 22.4 Å². The average Bonchev–Trinajstić information content (AvgIpc) is 3.33. The van der Waals surface area contributed by atoms with Crippen LogP contribution in [0.25, 0.3) is 0 Å². The molecule has 34 heavy (non-hydrogen) atoms. The van der Waals surface area contributed by atoms with Crippen molar-refractivity contribution in [1.82, 2.24) is 10.3 Å². The van der Waals surface area contributed by atoms with E-state index < -0.39 is 23.9 Å². The highest BCUT2D eigenvalue weighted by Crippen LogP contribution is 2.40. The molecule has 0 radical (unpaired) electrons. The summed E-state index contributed by atoms with van der Waals surface area (Å²) >= 11 is 0. The summed E-state index contributed by atoms with van der Waals surface area (Å²) in [6.07, 6.45) is 5.57. The predicted octanol–water partition coefficient (Wildman–Crippen LogP) is 4.04. The lowest BCUT2D eigenvalue weighted by Gasteiger charge is -2.30. The van der Waals surface area contributed by atoms with Crippen molar-refractivity contribution in [2.45, 2.75) is 64.5 Å². The standard InChI is InChI=1S/C26H32N2O6/c1-16(28-25(30)23-24(34-18(3)29)21(32-4)14-15-27-23)26(31)33-17(2)22(20-12-8-9-13-20)19-10-6-5-7-11-19/h5-7,10-11,14-17,20,22H,8-9,12-13H2,1-4H3,(H,28,30)/t16-,17-,22-/m0/s1. The van der Waals surface area contributed by atoms with Crippen molar-refractivity contribution in [2.24, 2.45) is 5.92 Å². The van der Waals surface area contributed by atoms with Gasteiger partial charge in [-0.3, -0.25) is 9.59 Å². The molecule has 3 atom stereocenters. The van der Waals surface area contributed by atoms with E-state index in [1.165, 1.54) is 39.1 Å². The summed E-state index contributed by atoms with van der Waals surface area (Å²) in [6.45, 7) is 4.67. The van der Waals surface area contributed by atoms with Crippen LogP contribution in [0.1, 0.15) is 68.4 Å². The number of amides is 1. The Morgan fingerprint density at radius 3 is 2.35 bits per heavy atom. The van der Waals surface area contributed by atoms with Gasteiger partial charge in [-0.25, -0.2) is 9.78 Å². The van der Waals surface area contributed by atoms with Crippen LogP contribution in [-0.2, 0) is 14.3 Å². The number of benzene rings is 1. The Balaban J connectivity index is 1.70. The third-order valence-corrected chi connectivity index (χ3v) is 6.15. The van der Waals surface area contributed by atoms with Crippen LogP contribution in [0.5, 0.6) is 11.5 Å². The third-order valence-electron chi connectivity index (χ3n) is 6.15. The Hall–Kier alpha value is -3.42. The summed E-state index contributed by atoms with van der Waals surface area (Å²) < 4.78 is 16.1. The Morgan fingerprint density at radius 2 is 1.74 bits per heavy atom. The fraction of sp³-hybridized carbons (Fsp3) is 0.462. The summed E-state index contributed by atoms with van der Waals surface area (Å²) in [6, 6.07) is 10.6. The zero-order chi connectivity index (χ0) is 24.7. The number of methoxy groups -OCH3 is 1. The van der Waals surface area contributed by atoms with Crippen LogP contribution in [0, 0.1) is 5.92 Å². The highest BCUT2D eigenvalue weighted by Gasteiger charge is 2.34. The summed E-state index contributed by atoms with van der Waals surface area (Å²) in [5, 5.41) is 2.59. The molecular formula is C26H32N2O6. The molecule has 1 amide bonds. The number of esters is 2. The number of aromatic nitrogens is 1. The zero-order valence-corrected chi connectivity index (χ0v) is 20.1. The summed E-state index contributed by atoms with van der Waals surface area (Å²) in [5.74, 6) is -1.23. The van der Waals surface area contributed by atoms with E-state index >= 15 is 0 Å². The number of carbonyl (C=O) groups is 3. The SMILES string of the molecule is COc1ccnc(C(=O)N[C@@H](C)C(=O)O[C@@H](C)[C@@H](c2ccccc2)C2CCCC2)c1OC(C)=O. The van der Waals surface area contributed by atoms with E-state index in [4.69, 9.17) is 14.2 Å². The molecule has 1 aromatic carbocycles. The van der Waals surface area contributed by atoms with Crippen molar-refractivity contribution in [3.63, 3.8) is 0 Å². The third kappa shape index (κ3) is 6.12. The summed E-state index contributed by atoms with van der Waals surface area (Å²) in [5.41, 5.74) is 0.994. The highest BCUT2D eigenvalue weighted by molar-refractivity contribution is 5.98. The van der Waals surface area contributed by atoms with Gasteiger partial charge in [-0.15, -0.1) is 0 Å². The zero-order valence-electron chi connectivity index (χ0n) is 20.1. The fourth-order valence-corrected chi connectivity index (χ4v) is 4.60. The van der Waals surface area contributed by atoms with Gasteiger partial charge in [0.25, 0.3) is 5.91 Å². The Kier molecular flexibility index (Phi) is 8.62. The van der Waals surface area contributed by atoms with Gasteiger partial charge in [0.05, 0.1) is 7.11 Å². The molecule has 0 unspecified atom stereocenters. The van der Waals surface area contributed by atoms with Gasteiger partial charge >= 0.3 is 11.9 Å². The quantitative estimate of drug-likeness (QED) is 0.554. The van der Waals surface area contributed by atoms with Gasteiger partial charge < -0.3 is 19.5 Å². The molecule has 1 saturated carbocycles. The Labute approximate surface area is 200 Å². The second-order valence-corrected chi connectivity index (χ2v) is 8.60. The van der Waals surface area contributed by atoms with Crippen molar-refractivity contribution in [2.75, 3.05) is 7.11 Å². The minimum atomic E-state index is -0.937. The maximum Gasteiger partial charge on any atom is 0.328 e. The van der Waals surface area contributed by atoms with Crippen molar-refractivity contribution < 1.29 is 28.6 Å². The number of hydrogen-bond donors (Lipinski definition) is 1. The lowest BCUT2D eigenvalue weighted by molar-refractivity contribution is -0.151. The van der Waals surface area contributed by atoms with Gasteiger partial charge in [0.2, 0.25) is 5.75 Å². The van der Waals surface area contributed by atoms with Gasteiger partial charge in [0.1, 0.15) is 12.1 Å². The number of nitrogens with one attached hydrogen (secondary N) is 1. The van der Waals surface area contributed by atoms with E-state index in [-0.39, 0.29) is 29.2 Å². The Bertz CT molecular complexity index is 1000. The monoisotopic (exact) mass is 468 g/mol. The first kappa shape index (κ1) is 25.2. The van der Waals surface area contributed by atoms with E-state index in [9.17, 15) is 14.4 Å². The highest BCUT2D eigenvalue weighted by atomic mass is 16.6. The first-order valence-electron chi connectivity index (χ1n) is 11.6. The number of pyridine rings is 1. The van der Waals surface area contributed by atoms with Gasteiger partial charge in [-0.2, -0.15) is 0 Å².